The molecule has 0 aliphatic carbocycles. The molecule has 1 aromatic heterocycles. The molecule has 5 rings (SSSR count). The van der Waals surface area contributed by atoms with E-state index >= 15 is 0 Å². The largest absolute Gasteiger partial charge is 0.465 e. The van der Waals surface area contributed by atoms with E-state index in [1.807, 2.05) is 55.5 Å². The van der Waals surface area contributed by atoms with Crippen LogP contribution >= 0.6 is 11.5 Å². The zero-order chi connectivity index (χ0) is 23.1. The first-order chi connectivity index (χ1) is 16.0. The van der Waals surface area contributed by atoms with Crippen molar-refractivity contribution in [2.75, 3.05) is 12.4 Å². The molecule has 0 saturated heterocycles. The van der Waals surface area contributed by atoms with Crippen LogP contribution in [0.25, 0.3) is 10.1 Å². The number of carbonyl (C=O) groups is 3. The van der Waals surface area contributed by atoms with Gasteiger partial charge in [0.1, 0.15) is 5.69 Å². The highest BCUT2D eigenvalue weighted by Gasteiger charge is 2.35. The number of aromatic nitrogens is 1. The van der Waals surface area contributed by atoms with Crippen molar-refractivity contribution in [3.8, 4) is 0 Å². The lowest BCUT2D eigenvalue weighted by atomic mass is 9.92. The van der Waals surface area contributed by atoms with E-state index in [1.54, 1.807) is 6.07 Å². The highest BCUT2D eigenvalue weighted by molar-refractivity contribution is 7.13. The van der Waals surface area contributed by atoms with Gasteiger partial charge in [0.25, 0.3) is 11.8 Å². The lowest BCUT2D eigenvalue weighted by Gasteiger charge is -2.19. The number of hydrogen-bond acceptors (Lipinski definition) is 6. The predicted molar refractivity (Wildman–Crippen MR) is 126 cm³/mol. The number of anilines is 1. The average molecular weight is 458 g/mol. The highest BCUT2D eigenvalue weighted by Crippen LogP contribution is 2.39. The van der Waals surface area contributed by atoms with Crippen LogP contribution in [0.15, 0.2) is 60.7 Å². The number of benzene rings is 3. The maximum Gasteiger partial charge on any atom is 0.337 e. The molecular weight excluding hydrogens is 438 g/mol. The normalized spacial score (nSPS) is 14.6. The molecule has 0 saturated carbocycles. The van der Waals surface area contributed by atoms with Crippen LogP contribution in [-0.2, 0) is 4.74 Å². The Morgan fingerprint density at radius 3 is 2.64 bits per heavy atom. The molecule has 0 fully saturated rings. The van der Waals surface area contributed by atoms with Crippen molar-refractivity contribution in [2.45, 2.75) is 13.0 Å². The minimum atomic E-state index is -0.598. The summed E-state index contributed by atoms with van der Waals surface area (Å²) in [5.74, 6) is -1.34. The molecule has 2 heterocycles. The quantitative estimate of drug-likeness (QED) is 0.441. The molecule has 164 valence electrons. The van der Waals surface area contributed by atoms with Crippen molar-refractivity contribution < 1.29 is 19.1 Å². The van der Waals surface area contributed by atoms with E-state index in [2.05, 4.69) is 15.0 Å². The number of fused-ring (bicyclic) bond motifs is 2. The Labute approximate surface area is 193 Å². The summed E-state index contributed by atoms with van der Waals surface area (Å²) in [5.41, 5.74) is 3.66. The van der Waals surface area contributed by atoms with Crippen molar-refractivity contribution in [2.24, 2.45) is 0 Å². The third kappa shape index (κ3) is 3.54. The number of methoxy groups -OCH3 is 1. The fraction of sp³-hybridized carbons (Fsp3) is 0.120. The molecule has 1 aliphatic rings. The van der Waals surface area contributed by atoms with Crippen molar-refractivity contribution >= 4 is 45.1 Å². The van der Waals surface area contributed by atoms with Gasteiger partial charge in [-0.3, -0.25) is 9.59 Å². The van der Waals surface area contributed by atoms with Gasteiger partial charge in [-0.2, -0.15) is 4.37 Å². The minimum Gasteiger partial charge on any atom is -0.465 e. The lowest BCUT2D eigenvalue weighted by Crippen LogP contribution is -2.21. The molecule has 7 nitrogen and oxygen atoms in total. The monoisotopic (exact) mass is 457 g/mol. The summed E-state index contributed by atoms with van der Waals surface area (Å²) in [6.07, 6.45) is 0. The van der Waals surface area contributed by atoms with E-state index in [1.165, 1.54) is 24.7 Å². The van der Waals surface area contributed by atoms with Crippen molar-refractivity contribution in [1.29, 1.82) is 0 Å². The van der Waals surface area contributed by atoms with Gasteiger partial charge < -0.3 is 15.4 Å². The van der Waals surface area contributed by atoms with Crippen molar-refractivity contribution in [3.05, 3.63) is 94.2 Å². The Morgan fingerprint density at radius 1 is 1.09 bits per heavy atom. The van der Waals surface area contributed by atoms with Gasteiger partial charge >= 0.3 is 5.97 Å². The van der Waals surface area contributed by atoms with Gasteiger partial charge in [-0.1, -0.05) is 42.5 Å². The molecule has 0 bridgehead atoms. The van der Waals surface area contributed by atoms with Crippen LogP contribution in [0.1, 0.15) is 53.9 Å². The molecule has 0 spiro atoms. The first-order valence-corrected chi connectivity index (χ1v) is 11.0. The summed E-state index contributed by atoms with van der Waals surface area (Å²) in [6, 6.07) is 17.8. The Bertz CT molecular complexity index is 1440. The van der Waals surface area contributed by atoms with E-state index in [-0.39, 0.29) is 17.2 Å². The van der Waals surface area contributed by atoms with Gasteiger partial charge in [0.05, 0.1) is 23.4 Å². The first-order valence-electron chi connectivity index (χ1n) is 10.3. The molecule has 3 aromatic carbocycles. The minimum absolute atomic E-state index is 0.176. The fourth-order valence-electron chi connectivity index (χ4n) is 4.15. The second-order valence-electron chi connectivity index (χ2n) is 7.72. The predicted octanol–water partition coefficient (Wildman–Crippen LogP) is 4.48. The van der Waals surface area contributed by atoms with Gasteiger partial charge in [0, 0.05) is 22.2 Å². The molecule has 0 radical (unpaired) electrons. The number of hydrogen-bond donors (Lipinski definition) is 2. The molecular formula is C25H19N3O4S. The van der Waals surface area contributed by atoms with Crippen molar-refractivity contribution in [1.82, 2.24) is 9.69 Å². The van der Waals surface area contributed by atoms with Crippen LogP contribution in [0.3, 0.4) is 0 Å². The second kappa shape index (κ2) is 8.14. The average Bonchev–Trinajstić information content (AvgIpc) is 3.40. The number of aryl methyl sites for hydroxylation is 1. The molecule has 4 aromatic rings. The summed E-state index contributed by atoms with van der Waals surface area (Å²) in [7, 11) is 1.27. The van der Waals surface area contributed by atoms with Gasteiger partial charge in [-0.25, -0.2) is 4.79 Å². The number of carbonyl (C=O) groups excluding carboxylic acids is 3. The Morgan fingerprint density at radius 2 is 1.85 bits per heavy atom. The zero-order valence-corrected chi connectivity index (χ0v) is 18.7. The Hall–Kier alpha value is -4.04. The number of amides is 2. The fourth-order valence-corrected chi connectivity index (χ4v) is 4.92. The van der Waals surface area contributed by atoms with E-state index in [9.17, 15) is 14.4 Å². The van der Waals surface area contributed by atoms with Crippen LogP contribution < -0.4 is 10.6 Å². The zero-order valence-electron chi connectivity index (χ0n) is 17.8. The standard InChI is InChI=1S/C25H19N3O4S/c1-13-7-3-4-8-15(13)21-20-17(23(29)27-21)11-14(25(31)32-2)12-18(20)26-24(30)22-16-9-5-6-10-19(16)33-28-22/h3-12,21H,1-2H3,(H,26,30)(H,27,29). The molecule has 33 heavy (non-hydrogen) atoms. The summed E-state index contributed by atoms with van der Waals surface area (Å²) >= 11 is 1.24. The summed E-state index contributed by atoms with van der Waals surface area (Å²) in [4.78, 5) is 38.4. The Balaban J connectivity index is 1.64. The molecule has 8 heteroatoms. The van der Waals surface area contributed by atoms with Crippen LogP contribution in [0.4, 0.5) is 5.69 Å². The van der Waals surface area contributed by atoms with E-state index < -0.39 is 17.9 Å². The summed E-state index contributed by atoms with van der Waals surface area (Å²) in [5, 5.41) is 6.63. The number of ether oxygens (including phenoxy) is 1. The number of nitrogens with one attached hydrogen (secondary N) is 2. The molecule has 2 N–H and O–H groups in total. The summed E-state index contributed by atoms with van der Waals surface area (Å²) < 4.78 is 10.1. The van der Waals surface area contributed by atoms with Gasteiger partial charge in [0.15, 0.2) is 0 Å². The van der Waals surface area contributed by atoms with Gasteiger partial charge in [0.2, 0.25) is 0 Å². The third-order valence-corrected chi connectivity index (χ3v) is 6.58. The SMILES string of the molecule is COC(=O)c1cc(NC(=O)c2nsc3ccccc23)c2c(c1)C(=O)NC2c1ccccc1C. The van der Waals surface area contributed by atoms with Crippen LogP contribution in [0, 0.1) is 6.92 Å². The van der Waals surface area contributed by atoms with E-state index in [4.69, 9.17) is 4.74 Å². The molecule has 1 aliphatic heterocycles. The van der Waals surface area contributed by atoms with Gasteiger partial charge in [-0.15, -0.1) is 0 Å². The maximum atomic E-state index is 13.2. The number of rotatable bonds is 4. The molecule has 1 unspecified atom stereocenters. The topological polar surface area (TPSA) is 97.4 Å². The Kier molecular flexibility index (Phi) is 5.14. The molecule has 2 amide bonds. The number of nitrogens with zero attached hydrogens (tertiary/aromatic N) is 1. The number of esters is 1. The van der Waals surface area contributed by atoms with Crippen LogP contribution in [0.2, 0.25) is 0 Å². The van der Waals surface area contributed by atoms with Crippen molar-refractivity contribution in [3.63, 3.8) is 0 Å². The summed E-state index contributed by atoms with van der Waals surface area (Å²) in [6.45, 7) is 1.96. The smallest absolute Gasteiger partial charge is 0.337 e. The lowest BCUT2D eigenvalue weighted by molar-refractivity contribution is 0.0600. The van der Waals surface area contributed by atoms with E-state index in [0.717, 1.165) is 21.2 Å². The van der Waals surface area contributed by atoms with E-state index in [0.29, 0.717) is 16.8 Å². The van der Waals surface area contributed by atoms with Crippen LogP contribution in [0.5, 0.6) is 0 Å². The third-order valence-electron chi connectivity index (χ3n) is 5.75. The maximum absolute atomic E-state index is 13.2. The van der Waals surface area contributed by atoms with Crippen LogP contribution in [-0.4, -0.2) is 29.3 Å². The van der Waals surface area contributed by atoms with Gasteiger partial charge in [-0.05, 0) is 47.8 Å². The molecule has 1 atom stereocenters. The first kappa shape index (κ1) is 20.8. The highest BCUT2D eigenvalue weighted by atomic mass is 32.1. The second-order valence-corrected chi connectivity index (χ2v) is 8.53.